The first-order chi connectivity index (χ1) is 7.99. The molecule has 1 atom stereocenters. The fourth-order valence-electron chi connectivity index (χ4n) is 1.39. The highest BCUT2D eigenvalue weighted by atomic mass is 35.5. The zero-order valence-electron chi connectivity index (χ0n) is 9.57. The first kappa shape index (κ1) is 13.6. The van der Waals surface area contributed by atoms with Crippen LogP contribution >= 0.6 is 11.6 Å². The van der Waals surface area contributed by atoms with E-state index < -0.39 is 12.0 Å². The average molecular weight is 260 g/mol. The summed E-state index contributed by atoms with van der Waals surface area (Å²) in [5.41, 5.74) is 6.30. The van der Waals surface area contributed by atoms with E-state index in [0.29, 0.717) is 5.56 Å². The van der Waals surface area contributed by atoms with Gasteiger partial charge in [0.1, 0.15) is 6.04 Å². The lowest BCUT2D eigenvalue weighted by molar-refractivity contribution is -0.142. The molecule has 0 bridgehead atoms. The van der Waals surface area contributed by atoms with Gasteiger partial charge in [0.15, 0.2) is 11.5 Å². The van der Waals surface area contributed by atoms with Gasteiger partial charge in [-0.3, -0.25) is 4.79 Å². The molecule has 0 saturated carbocycles. The fourth-order valence-corrected chi connectivity index (χ4v) is 1.62. The molecule has 0 aromatic heterocycles. The molecule has 0 amide bonds. The number of methoxy groups -OCH3 is 2. The van der Waals surface area contributed by atoms with Gasteiger partial charge in [0.05, 0.1) is 19.2 Å². The van der Waals surface area contributed by atoms with Crippen LogP contribution in [-0.4, -0.2) is 31.3 Å². The minimum Gasteiger partial charge on any atom is -0.503 e. The number of hydrogen-bond acceptors (Lipinski definition) is 5. The van der Waals surface area contributed by atoms with Crippen LogP contribution < -0.4 is 10.5 Å². The Labute approximate surface area is 104 Å². The van der Waals surface area contributed by atoms with Crippen molar-refractivity contribution in [2.45, 2.75) is 12.5 Å². The zero-order valence-corrected chi connectivity index (χ0v) is 10.3. The minimum absolute atomic E-state index is 0.135. The van der Waals surface area contributed by atoms with Gasteiger partial charge in [-0.2, -0.15) is 0 Å². The van der Waals surface area contributed by atoms with E-state index in [1.807, 2.05) is 0 Å². The largest absolute Gasteiger partial charge is 0.503 e. The van der Waals surface area contributed by atoms with Crippen LogP contribution in [0.5, 0.6) is 11.5 Å². The van der Waals surface area contributed by atoms with E-state index in [9.17, 15) is 9.90 Å². The Morgan fingerprint density at radius 3 is 2.71 bits per heavy atom. The Hall–Kier alpha value is -1.46. The SMILES string of the molecule is COC(=O)[C@H](N)Cc1cc(Cl)c(O)c(OC)c1. The Kier molecular flexibility index (Phi) is 4.60. The number of nitrogens with two attached hydrogens (primary N) is 1. The van der Waals surface area contributed by atoms with Crippen molar-refractivity contribution in [3.05, 3.63) is 22.7 Å². The molecule has 0 radical (unpaired) electrons. The topological polar surface area (TPSA) is 81.8 Å². The predicted octanol–water partition coefficient (Wildman–Crippen LogP) is 1.10. The quantitative estimate of drug-likeness (QED) is 0.792. The summed E-state index contributed by atoms with van der Waals surface area (Å²) < 4.78 is 9.46. The summed E-state index contributed by atoms with van der Waals surface area (Å²) in [5, 5.41) is 9.68. The molecule has 5 nitrogen and oxygen atoms in total. The number of benzene rings is 1. The van der Waals surface area contributed by atoms with Crippen molar-refractivity contribution in [1.29, 1.82) is 0 Å². The summed E-state index contributed by atoms with van der Waals surface area (Å²) in [6.45, 7) is 0. The van der Waals surface area contributed by atoms with Gasteiger partial charge in [-0.05, 0) is 24.1 Å². The number of ether oxygens (including phenoxy) is 2. The molecule has 0 aliphatic rings. The predicted molar refractivity (Wildman–Crippen MR) is 63.4 cm³/mol. The second-order valence-corrected chi connectivity index (χ2v) is 3.87. The molecule has 0 aliphatic heterocycles. The summed E-state index contributed by atoms with van der Waals surface area (Å²) >= 11 is 5.81. The van der Waals surface area contributed by atoms with Crippen LogP contribution in [0.1, 0.15) is 5.56 Å². The van der Waals surface area contributed by atoms with E-state index in [0.717, 1.165) is 0 Å². The minimum atomic E-state index is -0.773. The van der Waals surface area contributed by atoms with E-state index in [1.165, 1.54) is 20.3 Å². The molecule has 0 aliphatic carbocycles. The van der Waals surface area contributed by atoms with Crippen molar-refractivity contribution in [3.63, 3.8) is 0 Å². The highest BCUT2D eigenvalue weighted by molar-refractivity contribution is 6.32. The molecule has 0 unspecified atom stereocenters. The molecule has 94 valence electrons. The van der Waals surface area contributed by atoms with Crippen LogP contribution in [0.4, 0.5) is 0 Å². The Balaban J connectivity index is 2.92. The van der Waals surface area contributed by atoms with E-state index in [-0.39, 0.29) is 22.9 Å². The first-order valence-electron chi connectivity index (χ1n) is 4.88. The number of carbonyl (C=O) groups is 1. The number of phenolic OH excluding ortho intramolecular Hbond substituents is 1. The van der Waals surface area contributed by atoms with Crippen molar-refractivity contribution in [1.82, 2.24) is 0 Å². The van der Waals surface area contributed by atoms with Gasteiger partial charge < -0.3 is 20.3 Å². The molecular weight excluding hydrogens is 246 g/mol. The van der Waals surface area contributed by atoms with Gasteiger partial charge in [0.2, 0.25) is 0 Å². The van der Waals surface area contributed by atoms with Gasteiger partial charge in [-0.25, -0.2) is 0 Å². The lowest BCUT2D eigenvalue weighted by Crippen LogP contribution is -2.33. The van der Waals surface area contributed by atoms with Crippen LogP contribution in [0.15, 0.2) is 12.1 Å². The number of aromatic hydroxyl groups is 1. The monoisotopic (exact) mass is 259 g/mol. The van der Waals surface area contributed by atoms with Gasteiger partial charge in [-0.15, -0.1) is 0 Å². The van der Waals surface area contributed by atoms with Crippen LogP contribution in [0.2, 0.25) is 5.02 Å². The molecule has 0 saturated heterocycles. The number of halogens is 1. The van der Waals surface area contributed by atoms with Gasteiger partial charge in [0, 0.05) is 0 Å². The molecule has 1 aromatic rings. The van der Waals surface area contributed by atoms with E-state index in [4.69, 9.17) is 22.1 Å². The lowest BCUT2D eigenvalue weighted by Gasteiger charge is -2.12. The number of phenols is 1. The summed E-state index contributed by atoms with van der Waals surface area (Å²) in [5.74, 6) is -0.401. The molecule has 3 N–H and O–H groups in total. The third-order valence-corrected chi connectivity index (χ3v) is 2.56. The Bertz CT molecular complexity index is 422. The molecule has 0 heterocycles. The maximum atomic E-state index is 11.2. The summed E-state index contributed by atoms with van der Waals surface area (Å²) in [4.78, 5) is 11.2. The molecule has 6 heteroatoms. The zero-order chi connectivity index (χ0) is 13.0. The van der Waals surface area contributed by atoms with Crippen molar-refractivity contribution in [3.8, 4) is 11.5 Å². The highest BCUT2D eigenvalue weighted by Crippen LogP contribution is 2.35. The van der Waals surface area contributed by atoms with E-state index >= 15 is 0 Å². The van der Waals surface area contributed by atoms with Crippen LogP contribution in [0.3, 0.4) is 0 Å². The molecular formula is C11H14ClNO4. The fraction of sp³-hybridized carbons (Fsp3) is 0.364. The van der Waals surface area contributed by atoms with Crippen molar-refractivity contribution in [2.75, 3.05) is 14.2 Å². The number of rotatable bonds is 4. The van der Waals surface area contributed by atoms with Crippen molar-refractivity contribution < 1.29 is 19.4 Å². The maximum absolute atomic E-state index is 11.2. The van der Waals surface area contributed by atoms with Crippen molar-refractivity contribution >= 4 is 17.6 Å². The summed E-state index contributed by atoms with van der Waals surface area (Å²) in [7, 11) is 2.68. The van der Waals surface area contributed by atoms with Crippen molar-refractivity contribution in [2.24, 2.45) is 5.73 Å². The third-order valence-electron chi connectivity index (χ3n) is 2.27. The van der Waals surface area contributed by atoms with Gasteiger partial charge in [-0.1, -0.05) is 11.6 Å². The van der Waals surface area contributed by atoms with E-state index in [2.05, 4.69) is 4.74 Å². The Morgan fingerprint density at radius 2 is 2.18 bits per heavy atom. The average Bonchev–Trinajstić information content (AvgIpc) is 2.32. The highest BCUT2D eigenvalue weighted by Gasteiger charge is 2.16. The second kappa shape index (κ2) is 5.75. The first-order valence-corrected chi connectivity index (χ1v) is 5.26. The number of esters is 1. The van der Waals surface area contributed by atoms with E-state index in [1.54, 1.807) is 6.07 Å². The molecule has 1 aromatic carbocycles. The lowest BCUT2D eigenvalue weighted by atomic mass is 10.1. The second-order valence-electron chi connectivity index (χ2n) is 3.46. The maximum Gasteiger partial charge on any atom is 0.322 e. The molecule has 0 spiro atoms. The summed E-state index contributed by atoms with van der Waals surface area (Å²) in [6, 6.07) is 2.33. The summed E-state index contributed by atoms with van der Waals surface area (Å²) in [6.07, 6.45) is 0.253. The number of hydrogen-bond donors (Lipinski definition) is 2. The third kappa shape index (κ3) is 3.25. The smallest absolute Gasteiger partial charge is 0.322 e. The normalized spacial score (nSPS) is 12.0. The Morgan fingerprint density at radius 1 is 1.53 bits per heavy atom. The standard InChI is InChI=1S/C11H14ClNO4/c1-16-9-5-6(3-7(12)10(9)14)4-8(13)11(15)17-2/h3,5,8,14H,4,13H2,1-2H3/t8-/m1/s1. The van der Waals surface area contributed by atoms with Crippen LogP contribution in [0, 0.1) is 0 Å². The van der Waals surface area contributed by atoms with Gasteiger partial charge >= 0.3 is 5.97 Å². The molecule has 0 fully saturated rings. The molecule has 1 rings (SSSR count). The van der Waals surface area contributed by atoms with Crippen LogP contribution in [-0.2, 0) is 16.0 Å². The number of carbonyl (C=O) groups excluding carboxylic acids is 1. The van der Waals surface area contributed by atoms with Crippen LogP contribution in [0.25, 0.3) is 0 Å². The molecule has 17 heavy (non-hydrogen) atoms. The van der Waals surface area contributed by atoms with Gasteiger partial charge in [0.25, 0.3) is 0 Å².